The summed E-state index contributed by atoms with van der Waals surface area (Å²) in [5.41, 5.74) is 1.12. The molecule has 1 aromatic rings. The van der Waals surface area contributed by atoms with E-state index in [1.807, 2.05) is 0 Å². The Kier molecular flexibility index (Phi) is 5.54. The molecule has 0 radical (unpaired) electrons. The zero-order valence-corrected chi connectivity index (χ0v) is 15.4. The molecule has 8 heteroatoms. The number of fused-ring (bicyclic) bond motifs is 1. The van der Waals surface area contributed by atoms with Crippen molar-refractivity contribution in [3.8, 4) is 0 Å². The molecule has 2 saturated heterocycles. The fourth-order valence-electron chi connectivity index (χ4n) is 3.79. The van der Waals surface area contributed by atoms with E-state index in [1.54, 1.807) is 17.2 Å². The number of aromatic nitrogens is 1. The van der Waals surface area contributed by atoms with Gasteiger partial charge in [-0.05, 0) is 37.7 Å². The van der Waals surface area contributed by atoms with Gasteiger partial charge in [-0.15, -0.1) is 0 Å². The van der Waals surface area contributed by atoms with Crippen molar-refractivity contribution in [2.75, 3.05) is 49.7 Å². The third kappa shape index (κ3) is 4.22. The molecule has 8 nitrogen and oxygen atoms in total. The zero-order chi connectivity index (χ0) is 18.6. The normalized spacial score (nSPS) is 23.0. The second-order valence-corrected chi connectivity index (χ2v) is 7.35. The van der Waals surface area contributed by atoms with Crippen molar-refractivity contribution in [2.45, 2.75) is 31.8 Å². The van der Waals surface area contributed by atoms with Crippen LogP contribution in [0, 0.1) is 5.92 Å². The van der Waals surface area contributed by atoms with Crippen LogP contribution in [-0.4, -0.2) is 62.4 Å². The summed E-state index contributed by atoms with van der Waals surface area (Å²) in [6.07, 6.45) is 5.51. The lowest BCUT2D eigenvalue weighted by Gasteiger charge is -2.31. The summed E-state index contributed by atoms with van der Waals surface area (Å²) in [4.78, 5) is 31.1. The van der Waals surface area contributed by atoms with Gasteiger partial charge < -0.3 is 25.0 Å². The summed E-state index contributed by atoms with van der Waals surface area (Å²) in [5.74, 6) is 0.896. The fourth-order valence-corrected chi connectivity index (χ4v) is 3.79. The molecule has 0 saturated carbocycles. The predicted molar refractivity (Wildman–Crippen MR) is 99.9 cm³/mol. The number of rotatable bonds is 5. The van der Waals surface area contributed by atoms with Crippen molar-refractivity contribution in [2.24, 2.45) is 5.92 Å². The van der Waals surface area contributed by atoms with Gasteiger partial charge in [0.1, 0.15) is 5.82 Å². The quantitative estimate of drug-likeness (QED) is 0.804. The number of carbonyl (C=O) groups excluding carboxylic acids is 2. The number of ether oxygens (including phenoxy) is 2. The minimum Gasteiger partial charge on any atom is -0.381 e. The molecule has 1 aromatic heterocycles. The molecular formula is C19H26N4O4. The van der Waals surface area contributed by atoms with E-state index in [-0.39, 0.29) is 24.5 Å². The van der Waals surface area contributed by atoms with E-state index < -0.39 is 0 Å². The van der Waals surface area contributed by atoms with Crippen LogP contribution in [0.15, 0.2) is 12.3 Å². The van der Waals surface area contributed by atoms with Crippen molar-refractivity contribution in [1.82, 2.24) is 10.3 Å². The molecule has 3 aliphatic rings. The second-order valence-electron chi connectivity index (χ2n) is 7.35. The van der Waals surface area contributed by atoms with Crippen LogP contribution < -0.4 is 15.5 Å². The Morgan fingerprint density at radius 3 is 2.93 bits per heavy atom. The summed E-state index contributed by atoms with van der Waals surface area (Å²) in [6, 6.07) is 1.75. The number of anilines is 2. The number of amides is 2. The Balaban J connectivity index is 1.46. The van der Waals surface area contributed by atoms with Gasteiger partial charge in [-0.2, -0.15) is 0 Å². The van der Waals surface area contributed by atoms with Crippen LogP contribution in [0.2, 0.25) is 0 Å². The summed E-state index contributed by atoms with van der Waals surface area (Å²) in [6.45, 7) is 3.60. The minimum atomic E-state index is -0.160. The van der Waals surface area contributed by atoms with Crippen LogP contribution in [0.4, 0.5) is 11.5 Å². The second kappa shape index (κ2) is 8.22. The van der Waals surface area contributed by atoms with Gasteiger partial charge in [0.05, 0.1) is 30.4 Å². The maximum Gasteiger partial charge on any atom is 0.252 e. The molecule has 27 heavy (non-hydrogen) atoms. The number of nitrogens with zero attached hydrogens (tertiary/aromatic N) is 2. The topological polar surface area (TPSA) is 92.8 Å². The average Bonchev–Trinajstić information content (AvgIpc) is 3.22. The molecule has 2 N–H and O–H groups in total. The number of pyridine rings is 1. The van der Waals surface area contributed by atoms with Crippen molar-refractivity contribution < 1.29 is 19.1 Å². The maximum atomic E-state index is 12.6. The SMILES string of the molecule is O=C(NCC1CCOCC1)c1cnc2c(c1)N(CC1CCCO1)C(=O)CN2. The van der Waals surface area contributed by atoms with E-state index in [0.29, 0.717) is 36.1 Å². The number of nitrogens with one attached hydrogen (secondary N) is 2. The molecule has 0 bridgehead atoms. The Morgan fingerprint density at radius 1 is 1.30 bits per heavy atom. The molecule has 2 amide bonds. The van der Waals surface area contributed by atoms with Crippen LogP contribution in [0.25, 0.3) is 0 Å². The average molecular weight is 374 g/mol. The molecule has 1 atom stereocenters. The monoisotopic (exact) mass is 374 g/mol. The highest BCUT2D eigenvalue weighted by atomic mass is 16.5. The van der Waals surface area contributed by atoms with Gasteiger partial charge in [0.2, 0.25) is 5.91 Å². The number of carbonyl (C=O) groups is 2. The van der Waals surface area contributed by atoms with E-state index in [1.165, 1.54) is 0 Å². The van der Waals surface area contributed by atoms with Crippen LogP contribution in [0.3, 0.4) is 0 Å². The highest BCUT2D eigenvalue weighted by Gasteiger charge is 2.29. The third-order valence-corrected chi connectivity index (χ3v) is 5.43. The fraction of sp³-hybridized carbons (Fsp3) is 0.632. The highest BCUT2D eigenvalue weighted by molar-refractivity contribution is 6.04. The largest absolute Gasteiger partial charge is 0.381 e. The van der Waals surface area contributed by atoms with Gasteiger partial charge >= 0.3 is 0 Å². The summed E-state index contributed by atoms with van der Waals surface area (Å²) in [5, 5.41) is 6.02. The zero-order valence-electron chi connectivity index (χ0n) is 15.4. The summed E-state index contributed by atoms with van der Waals surface area (Å²) < 4.78 is 11.0. The van der Waals surface area contributed by atoms with E-state index >= 15 is 0 Å². The Bertz CT molecular complexity index is 699. The lowest BCUT2D eigenvalue weighted by atomic mass is 10.0. The third-order valence-electron chi connectivity index (χ3n) is 5.43. The molecule has 3 aliphatic heterocycles. The minimum absolute atomic E-state index is 0.0282. The molecule has 1 unspecified atom stereocenters. The standard InChI is InChI=1S/C19H26N4O4/c24-17-11-21-18-16(23(17)12-15-2-1-5-27-15)8-14(10-20-18)19(25)22-9-13-3-6-26-7-4-13/h8,10,13,15H,1-7,9,11-12H2,(H,20,21)(H,22,25). The molecule has 0 aromatic carbocycles. The summed E-state index contributed by atoms with van der Waals surface area (Å²) >= 11 is 0. The Labute approximate surface area is 158 Å². The van der Waals surface area contributed by atoms with Gasteiger partial charge in [-0.3, -0.25) is 9.59 Å². The van der Waals surface area contributed by atoms with Crippen molar-refractivity contribution >= 4 is 23.3 Å². The van der Waals surface area contributed by atoms with Crippen molar-refractivity contribution in [3.63, 3.8) is 0 Å². The summed E-state index contributed by atoms with van der Waals surface area (Å²) in [7, 11) is 0. The lowest BCUT2D eigenvalue weighted by Crippen LogP contribution is -2.44. The van der Waals surface area contributed by atoms with E-state index in [4.69, 9.17) is 9.47 Å². The molecular weight excluding hydrogens is 348 g/mol. The maximum absolute atomic E-state index is 12.6. The van der Waals surface area contributed by atoms with Gasteiger partial charge in [0, 0.05) is 32.6 Å². The molecule has 146 valence electrons. The Hall–Kier alpha value is -2.19. The molecule has 4 heterocycles. The number of hydrogen-bond acceptors (Lipinski definition) is 6. The van der Waals surface area contributed by atoms with Crippen molar-refractivity contribution in [1.29, 1.82) is 0 Å². The molecule has 4 rings (SSSR count). The van der Waals surface area contributed by atoms with E-state index in [2.05, 4.69) is 15.6 Å². The van der Waals surface area contributed by atoms with Crippen LogP contribution in [0.5, 0.6) is 0 Å². The van der Waals surface area contributed by atoms with Crippen LogP contribution in [0.1, 0.15) is 36.0 Å². The van der Waals surface area contributed by atoms with Crippen LogP contribution >= 0.6 is 0 Å². The number of hydrogen-bond donors (Lipinski definition) is 2. The smallest absolute Gasteiger partial charge is 0.252 e. The van der Waals surface area contributed by atoms with Gasteiger partial charge in [-0.1, -0.05) is 0 Å². The van der Waals surface area contributed by atoms with E-state index in [0.717, 1.165) is 45.5 Å². The Morgan fingerprint density at radius 2 is 2.15 bits per heavy atom. The molecule has 2 fully saturated rings. The lowest BCUT2D eigenvalue weighted by molar-refractivity contribution is -0.117. The molecule has 0 spiro atoms. The first-order chi connectivity index (χ1) is 13.2. The van der Waals surface area contributed by atoms with E-state index in [9.17, 15) is 9.59 Å². The molecule has 0 aliphatic carbocycles. The first-order valence-electron chi connectivity index (χ1n) is 9.72. The van der Waals surface area contributed by atoms with Crippen LogP contribution in [-0.2, 0) is 14.3 Å². The highest BCUT2D eigenvalue weighted by Crippen LogP contribution is 2.30. The predicted octanol–water partition coefficient (Wildman–Crippen LogP) is 1.18. The van der Waals surface area contributed by atoms with Gasteiger partial charge in [0.15, 0.2) is 0 Å². The van der Waals surface area contributed by atoms with Crippen molar-refractivity contribution in [3.05, 3.63) is 17.8 Å². The first-order valence-corrected chi connectivity index (χ1v) is 9.72. The van der Waals surface area contributed by atoms with Gasteiger partial charge in [-0.25, -0.2) is 4.98 Å². The van der Waals surface area contributed by atoms with Gasteiger partial charge in [0.25, 0.3) is 5.91 Å². The first kappa shape index (κ1) is 18.2.